The summed E-state index contributed by atoms with van der Waals surface area (Å²) < 4.78 is 14.4. The molecule has 0 spiro atoms. The van der Waals surface area contributed by atoms with Crippen LogP contribution in [0.25, 0.3) is 10.1 Å². The van der Waals surface area contributed by atoms with Gasteiger partial charge in [-0.15, -0.1) is 11.3 Å². The summed E-state index contributed by atoms with van der Waals surface area (Å²) in [5, 5.41) is 7.06. The Bertz CT molecular complexity index is 717. The summed E-state index contributed by atoms with van der Waals surface area (Å²) in [6.07, 6.45) is 0.920. The highest BCUT2D eigenvalue weighted by Crippen LogP contribution is 2.29. The van der Waals surface area contributed by atoms with Crippen LogP contribution in [-0.2, 0) is 6.42 Å². The van der Waals surface area contributed by atoms with Gasteiger partial charge in [-0.25, -0.2) is 4.39 Å². The Labute approximate surface area is 128 Å². The van der Waals surface area contributed by atoms with Crippen LogP contribution in [0, 0.1) is 5.82 Å². The first-order valence-corrected chi connectivity index (χ1v) is 8.10. The van der Waals surface area contributed by atoms with E-state index in [9.17, 15) is 4.39 Å². The van der Waals surface area contributed by atoms with Crippen molar-refractivity contribution < 1.29 is 4.39 Å². The first-order valence-electron chi connectivity index (χ1n) is 7.22. The molecule has 3 rings (SSSR count). The number of nitrogens with one attached hydrogen (secondary N) is 1. The zero-order chi connectivity index (χ0) is 14.7. The van der Waals surface area contributed by atoms with E-state index in [0.29, 0.717) is 0 Å². The van der Waals surface area contributed by atoms with Gasteiger partial charge in [-0.1, -0.05) is 37.3 Å². The second kappa shape index (κ2) is 6.37. The normalized spacial score (nSPS) is 12.7. The monoisotopic (exact) mass is 299 g/mol. The van der Waals surface area contributed by atoms with Crippen LogP contribution in [-0.4, -0.2) is 6.54 Å². The lowest BCUT2D eigenvalue weighted by molar-refractivity contribution is 0.549. The Kier molecular flexibility index (Phi) is 4.32. The Hall–Kier alpha value is -1.71. The topological polar surface area (TPSA) is 12.0 Å². The summed E-state index contributed by atoms with van der Waals surface area (Å²) in [6.45, 7) is 2.99. The Morgan fingerprint density at radius 2 is 1.86 bits per heavy atom. The second-order valence-electron chi connectivity index (χ2n) is 5.12. The molecule has 108 valence electrons. The second-order valence-corrected chi connectivity index (χ2v) is 6.03. The van der Waals surface area contributed by atoms with Crippen molar-refractivity contribution in [2.24, 2.45) is 0 Å². The minimum absolute atomic E-state index is 0.185. The van der Waals surface area contributed by atoms with Gasteiger partial charge in [0.15, 0.2) is 0 Å². The van der Waals surface area contributed by atoms with E-state index < -0.39 is 0 Å². The maximum absolute atomic E-state index is 13.1. The van der Waals surface area contributed by atoms with Crippen molar-refractivity contribution in [3.63, 3.8) is 0 Å². The molecule has 0 aliphatic carbocycles. The summed E-state index contributed by atoms with van der Waals surface area (Å²) in [4.78, 5) is 0. The van der Waals surface area contributed by atoms with Crippen molar-refractivity contribution in [1.29, 1.82) is 0 Å². The van der Waals surface area contributed by atoms with Crippen LogP contribution in [0.3, 0.4) is 0 Å². The molecule has 21 heavy (non-hydrogen) atoms. The minimum Gasteiger partial charge on any atom is -0.310 e. The SMILES string of the molecule is CCNC(Cc1csc2ccccc12)c1ccc(F)cc1. The lowest BCUT2D eigenvalue weighted by Gasteiger charge is -2.18. The third-order valence-electron chi connectivity index (χ3n) is 3.71. The van der Waals surface area contributed by atoms with E-state index in [1.807, 2.05) is 12.1 Å². The van der Waals surface area contributed by atoms with Crippen molar-refractivity contribution >= 4 is 21.4 Å². The van der Waals surface area contributed by atoms with Crippen molar-refractivity contribution in [3.05, 3.63) is 70.9 Å². The number of benzene rings is 2. The molecule has 1 unspecified atom stereocenters. The van der Waals surface area contributed by atoms with Crippen molar-refractivity contribution in [2.45, 2.75) is 19.4 Å². The van der Waals surface area contributed by atoms with Gasteiger partial charge in [-0.2, -0.15) is 0 Å². The zero-order valence-corrected chi connectivity index (χ0v) is 12.8. The number of thiophene rings is 1. The number of rotatable bonds is 5. The molecule has 3 aromatic rings. The summed E-state index contributed by atoms with van der Waals surface area (Å²) in [5.74, 6) is -0.185. The van der Waals surface area contributed by atoms with Gasteiger partial charge in [-0.05, 0) is 53.1 Å². The van der Waals surface area contributed by atoms with Crippen molar-refractivity contribution in [1.82, 2.24) is 5.32 Å². The minimum atomic E-state index is -0.185. The van der Waals surface area contributed by atoms with E-state index in [1.165, 1.54) is 27.8 Å². The molecule has 0 amide bonds. The molecule has 0 saturated heterocycles. The summed E-state index contributed by atoms with van der Waals surface area (Å²) in [6, 6.07) is 15.5. The maximum atomic E-state index is 13.1. The number of halogens is 1. The molecule has 2 aromatic carbocycles. The molecule has 1 N–H and O–H groups in total. The highest BCUT2D eigenvalue weighted by atomic mass is 32.1. The van der Waals surface area contributed by atoms with Gasteiger partial charge in [0.2, 0.25) is 0 Å². The molecule has 0 aliphatic heterocycles. The van der Waals surface area contributed by atoms with Crippen molar-refractivity contribution in [3.8, 4) is 0 Å². The highest BCUT2D eigenvalue weighted by Gasteiger charge is 2.14. The first-order chi connectivity index (χ1) is 10.3. The van der Waals surface area contributed by atoms with Crippen LogP contribution in [0.2, 0.25) is 0 Å². The fraction of sp³-hybridized carbons (Fsp3) is 0.222. The largest absolute Gasteiger partial charge is 0.310 e. The van der Waals surface area contributed by atoms with Gasteiger partial charge in [0.1, 0.15) is 5.82 Å². The lowest BCUT2D eigenvalue weighted by Crippen LogP contribution is -2.22. The fourth-order valence-corrected chi connectivity index (χ4v) is 3.64. The van der Waals surface area contributed by atoms with Crippen molar-refractivity contribution in [2.75, 3.05) is 6.54 Å². The highest BCUT2D eigenvalue weighted by molar-refractivity contribution is 7.17. The zero-order valence-electron chi connectivity index (χ0n) is 12.0. The number of likely N-dealkylation sites (N-methyl/N-ethyl adjacent to an activating group) is 1. The summed E-state index contributed by atoms with van der Waals surface area (Å²) in [5.41, 5.74) is 2.49. The third kappa shape index (κ3) is 3.14. The van der Waals surface area contributed by atoms with Crippen LogP contribution < -0.4 is 5.32 Å². The molecule has 0 bridgehead atoms. The van der Waals surface area contributed by atoms with Gasteiger partial charge in [0.05, 0.1) is 0 Å². The molecule has 0 fully saturated rings. The Morgan fingerprint density at radius 1 is 1.10 bits per heavy atom. The number of hydrogen-bond acceptors (Lipinski definition) is 2. The van der Waals surface area contributed by atoms with E-state index in [0.717, 1.165) is 18.5 Å². The first kappa shape index (κ1) is 14.2. The Morgan fingerprint density at radius 3 is 2.62 bits per heavy atom. The average molecular weight is 299 g/mol. The van der Waals surface area contributed by atoms with Gasteiger partial charge in [0.25, 0.3) is 0 Å². The molecule has 0 radical (unpaired) electrons. The Balaban J connectivity index is 1.89. The standard InChI is InChI=1S/C18H18FNS/c1-2-20-17(13-7-9-15(19)10-8-13)11-14-12-21-18-6-4-3-5-16(14)18/h3-10,12,17,20H,2,11H2,1H3. The van der Waals surface area contributed by atoms with Gasteiger partial charge >= 0.3 is 0 Å². The van der Waals surface area contributed by atoms with Gasteiger partial charge < -0.3 is 5.32 Å². The molecule has 3 heteroatoms. The molecule has 0 aliphatic rings. The third-order valence-corrected chi connectivity index (χ3v) is 4.72. The molecule has 1 heterocycles. The summed E-state index contributed by atoms with van der Waals surface area (Å²) in [7, 11) is 0. The van der Waals surface area contributed by atoms with Crippen LogP contribution in [0.4, 0.5) is 4.39 Å². The average Bonchev–Trinajstić information content (AvgIpc) is 2.91. The predicted octanol–water partition coefficient (Wildman–Crippen LogP) is 4.93. The van der Waals surface area contributed by atoms with E-state index in [-0.39, 0.29) is 11.9 Å². The van der Waals surface area contributed by atoms with E-state index >= 15 is 0 Å². The maximum Gasteiger partial charge on any atom is 0.123 e. The van der Waals surface area contributed by atoms with Crippen LogP contribution >= 0.6 is 11.3 Å². The van der Waals surface area contributed by atoms with Crippen LogP contribution in [0.5, 0.6) is 0 Å². The number of hydrogen-bond donors (Lipinski definition) is 1. The van der Waals surface area contributed by atoms with Gasteiger partial charge in [0, 0.05) is 10.7 Å². The van der Waals surface area contributed by atoms with E-state index in [4.69, 9.17) is 0 Å². The van der Waals surface area contributed by atoms with Crippen LogP contribution in [0.15, 0.2) is 53.9 Å². The molecule has 1 aromatic heterocycles. The number of fused-ring (bicyclic) bond motifs is 1. The quantitative estimate of drug-likeness (QED) is 0.704. The lowest BCUT2D eigenvalue weighted by atomic mass is 9.98. The molecular formula is C18H18FNS. The molecule has 0 saturated carbocycles. The fourth-order valence-electron chi connectivity index (χ4n) is 2.66. The molecule has 1 atom stereocenters. The summed E-state index contributed by atoms with van der Waals surface area (Å²) >= 11 is 1.78. The van der Waals surface area contributed by atoms with Crippen LogP contribution in [0.1, 0.15) is 24.1 Å². The molecular weight excluding hydrogens is 281 g/mol. The van der Waals surface area contributed by atoms with E-state index in [2.05, 4.69) is 41.9 Å². The van der Waals surface area contributed by atoms with Gasteiger partial charge in [-0.3, -0.25) is 0 Å². The van der Waals surface area contributed by atoms with E-state index in [1.54, 1.807) is 11.3 Å². The predicted molar refractivity (Wildman–Crippen MR) is 88.3 cm³/mol. The smallest absolute Gasteiger partial charge is 0.123 e. The molecule has 1 nitrogen and oxygen atoms in total.